The van der Waals surface area contributed by atoms with Crippen molar-refractivity contribution < 1.29 is 14.4 Å². The number of ketones is 1. The van der Waals surface area contributed by atoms with Gasteiger partial charge in [0.1, 0.15) is 11.5 Å². The zero-order valence-electron chi connectivity index (χ0n) is 23.2. The fourth-order valence-electron chi connectivity index (χ4n) is 11.4. The zero-order chi connectivity index (χ0) is 25.2. The lowest BCUT2D eigenvalue weighted by atomic mass is 9.31. The predicted octanol–water partition coefficient (Wildman–Crippen LogP) is 6.74. The Hall–Kier alpha value is -1.16. The first-order valence-corrected chi connectivity index (χ1v) is 14.3. The number of Topliss-reactive ketones (excluding diaryl/α,β-unsaturated/α-hetero) is 1. The van der Waals surface area contributed by atoms with E-state index in [0.717, 1.165) is 44.3 Å². The number of rotatable bonds is 1. The van der Waals surface area contributed by atoms with Crippen LogP contribution in [0.5, 0.6) is 0 Å². The molecule has 6 rings (SSSR count). The van der Waals surface area contributed by atoms with Crippen molar-refractivity contribution >= 4 is 5.78 Å². The van der Waals surface area contributed by atoms with Crippen LogP contribution >= 0.6 is 0 Å². The van der Waals surface area contributed by atoms with Gasteiger partial charge in [-0.05, 0) is 96.2 Å². The predicted molar refractivity (Wildman–Crippen MR) is 137 cm³/mol. The number of carbonyl (C=O) groups excluding carboxylic acids is 1. The van der Waals surface area contributed by atoms with Crippen LogP contribution in [0.15, 0.2) is 10.7 Å². The molecule has 0 saturated heterocycles. The average molecular weight is 482 g/mol. The van der Waals surface area contributed by atoms with Gasteiger partial charge < -0.3 is 9.63 Å². The Kier molecular flexibility index (Phi) is 4.86. The first-order chi connectivity index (χ1) is 16.2. The van der Waals surface area contributed by atoms with Gasteiger partial charge in [-0.25, -0.2) is 0 Å². The molecule has 0 spiro atoms. The number of hydrogen-bond donors (Lipinski definition) is 1. The monoisotopic (exact) mass is 481 g/mol. The molecule has 1 aromatic rings. The highest BCUT2D eigenvalue weighted by atomic mass is 16.5. The fraction of sp³-hybridized carbons (Fsp3) is 0.871. The van der Waals surface area contributed by atoms with Crippen molar-refractivity contribution in [3.05, 3.63) is 17.5 Å². The summed E-state index contributed by atoms with van der Waals surface area (Å²) < 4.78 is 5.81. The molecule has 1 heterocycles. The van der Waals surface area contributed by atoms with Crippen LogP contribution in [0.1, 0.15) is 111 Å². The Morgan fingerprint density at radius 3 is 2.40 bits per heavy atom. The van der Waals surface area contributed by atoms with Gasteiger partial charge in [-0.1, -0.05) is 53.6 Å². The molecule has 8 atom stereocenters. The van der Waals surface area contributed by atoms with Crippen molar-refractivity contribution in [3.8, 4) is 0 Å². The van der Waals surface area contributed by atoms with E-state index in [9.17, 15) is 9.90 Å². The maximum absolute atomic E-state index is 14.4. The number of fused-ring (bicyclic) bond motifs is 8. The summed E-state index contributed by atoms with van der Waals surface area (Å²) in [5.74, 6) is 2.86. The maximum atomic E-state index is 14.4. The molecular formula is C31H47NO3. The Labute approximate surface area is 212 Å². The lowest BCUT2D eigenvalue weighted by Gasteiger charge is -2.72. The van der Waals surface area contributed by atoms with Crippen LogP contribution in [0.2, 0.25) is 0 Å². The smallest absolute Gasteiger partial charge is 0.145 e. The molecule has 5 aliphatic rings. The molecule has 194 valence electrons. The van der Waals surface area contributed by atoms with Crippen LogP contribution < -0.4 is 0 Å². The number of hydrogen-bond acceptors (Lipinski definition) is 4. The topological polar surface area (TPSA) is 63.3 Å². The van der Waals surface area contributed by atoms with Gasteiger partial charge in [-0.15, -0.1) is 0 Å². The molecule has 0 amide bonds. The van der Waals surface area contributed by atoms with Crippen molar-refractivity contribution in [2.24, 2.45) is 50.7 Å². The lowest BCUT2D eigenvalue weighted by Crippen LogP contribution is -2.69. The SMILES string of the molecule is CC1(C)CC[C@]2(CO)CC[C@]3(C)[C@H](C(=O)C[C@@H]4[C@@]5(C)Cc6cnoc6C(C)(C)C5CC[C@]43C)[C@@H]2C1. The minimum absolute atomic E-state index is 0.00317. The van der Waals surface area contributed by atoms with Crippen molar-refractivity contribution in [1.82, 2.24) is 5.16 Å². The Bertz CT molecular complexity index is 1060. The van der Waals surface area contributed by atoms with Gasteiger partial charge in [-0.3, -0.25) is 4.79 Å². The first-order valence-electron chi connectivity index (χ1n) is 14.3. The quantitative estimate of drug-likeness (QED) is 0.482. The number of aliphatic hydroxyl groups excluding tert-OH is 1. The third kappa shape index (κ3) is 2.84. The van der Waals surface area contributed by atoms with Gasteiger partial charge >= 0.3 is 0 Å². The van der Waals surface area contributed by atoms with Gasteiger partial charge in [0.05, 0.1) is 6.20 Å². The van der Waals surface area contributed by atoms with E-state index in [0.29, 0.717) is 30.0 Å². The molecule has 4 fully saturated rings. The molecule has 1 unspecified atom stereocenters. The van der Waals surface area contributed by atoms with Gasteiger partial charge in [0.25, 0.3) is 0 Å². The minimum atomic E-state index is -0.0625. The van der Waals surface area contributed by atoms with Crippen LogP contribution in [0.25, 0.3) is 0 Å². The summed E-state index contributed by atoms with van der Waals surface area (Å²) in [5.41, 5.74) is 1.59. The molecule has 1 N–H and O–H groups in total. The van der Waals surface area contributed by atoms with Gasteiger partial charge in [0.2, 0.25) is 0 Å². The van der Waals surface area contributed by atoms with E-state index in [-0.39, 0.29) is 45.0 Å². The molecule has 1 aromatic heterocycles. The van der Waals surface area contributed by atoms with Crippen molar-refractivity contribution in [1.29, 1.82) is 0 Å². The third-order valence-electron chi connectivity index (χ3n) is 13.4. The normalized spacial score (nSPS) is 49.8. The summed E-state index contributed by atoms with van der Waals surface area (Å²) in [6.45, 7) is 17.3. The number of nitrogens with zero attached hydrogens (tertiary/aromatic N) is 1. The molecule has 0 aliphatic heterocycles. The third-order valence-corrected chi connectivity index (χ3v) is 13.4. The van der Waals surface area contributed by atoms with E-state index < -0.39 is 0 Å². The van der Waals surface area contributed by atoms with Crippen LogP contribution in [-0.2, 0) is 16.6 Å². The van der Waals surface area contributed by atoms with E-state index in [1.54, 1.807) is 0 Å². The second-order valence-corrected chi connectivity index (χ2v) is 15.7. The second-order valence-electron chi connectivity index (χ2n) is 15.7. The summed E-state index contributed by atoms with van der Waals surface area (Å²) in [6.07, 6.45) is 11.5. The fourth-order valence-corrected chi connectivity index (χ4v) is 11.4. The summed E-state index contributed by atoms with van der Waals surface area (Å²) >= 11 is 0. The van der Waals surface area contributed by atoms with Gasteiger partial charge in [-0.2, -0.15) is 0 Å². The molecular weight excluding hydrogens is 434 g/mol. The van der Waals surface area contributed by atoms with E-state index in [1.165, 1.54) is 18.4 Å². The largest absolute Gasteiger partial charge is 0.396 e. The molecule has 5 aliphatic carbocycles. The zero-order valence-corrected chi connectivity index (χ0v) is 23.2. The Morgan fingerprint density at radius 2 is 1.69 bits per heavy atom. The van der Waals surface area contributed by atoms with Crippen LogP contribution in [0.3, 0.4) is 0 Å². The van der Waals surface area contributed by atoms with Crippen molar-refractivity contribution in [3.63, 3.8) is 0 Å². The minimum Gasteiger partial charge on any atom is -0.396 e. The standard InChI is InChI=1S/C31H47NO3/c1-26(2)10-12-31(18-33)13-11-30(7)24(20(31)16-26)21(34)14-23-28(5)15-19-17-32-35-25(19)27(3,4)22(28)8-9-29(23,30)6/h17,20,22-24,33H,8-16,18H2,1-7H3/t20-,22?,23+,24-,28-,29+,30+,31+/m0/s1. The highest BCUT2D eigenvalue weighted by Gasteiger charge is 2.72. The van der Waals surface area contributed by atoms with Crippen LogP contribution in [-0.4, -0.2) is 22.7 Å². The Balaban J connectivity index is 1.45. The molecule has 0 bridgehead atoms. The van der Waals surface area contributed by atoms with E-state index >= 15 is 0 Å². The highest BCUT2D eigenvalue weighted by molar-refractivity contribution is 5.84. The average Bonchev–Trinajstić information content (AvgIpc) is 3.24. The first kappa shape index (κ1) is 24.2. The Morgan fingerprint density at radius 1 is 0.971 bits per heavy atom. The number of aromatic nitrogens is 1. The highest BCUT2D eigenvalue weighted by Crippen LogP contribution is 2.75. The van der Waals surface area contributed by atoms with E-state index in [2.05, 4.69) is 53.6 Å². The van der Waals surface area contributed by atoms with Gasteiger partial charge in [0, 0.05) is 29.9 Å². The molecule has 4 saturated carbocycles. The second kappa shape index (κ2) is 7.03. The van der Waals surface area contributed by atoms with E-state index in [1.807, 2.05) is 6.20 Å². The number of carbonyl (C=O) groups is 1. The lowest BCUT2D eigenvalue weighted by molar-refractivity contribution is -0.232. The maximum Gasteiger partial charge on any atom is 0.145 e. The van der Waals surface area contributed by atoms with Crippen molar-refractivity contribution in [2.75, 3.05) is 6.61 Å². The summed E-state index contributed by atoms with van der Waals surface area (Å²) in [5, 5.41) is 14.9. The van der Waals surface area contributed by atoms with Crippen LogP contribution in [0.4, 0.5) is 0 Å². The summed E-state index contributed by atoms with van der Waals surface area (Å²) in [4.78, 5) is 14.4. The van der Waals surface area contributed by atoms with Gasteiger partial charge in [0.15, 0.2) is 0 Å². The van der Waals surface area contributed by atoms with Crippen LogP contribution in [0, 0.1) is 50.7 Å². The molecule has 4 heteroatoms. The van der Waals surface area contributed by atoms with Crippen molar-refractivity contribution in [2.45, 2.75) is 112 Å². The number of aliphatic hydroxyl groups is 1. The van der Waals surface area contributed by atoms with E-state index in [4.69, 9.17) is 4.52 Å². The summed E-state index contributed by atoms with van der Waals surface area (Å²) in [6, 6.07) is 0. The molecule has 0 aromatic carbocycles. The molecule has 35 heavy (non-hydrogen) atoms. The summed E-state index contributed by atoms with van der Waals surface area (Å²) in [7, 11) is 0. The molecule has 4 nitrogen and oxygen atoms in total. The molecule has 0 radical (unpaired) electrons.